The average Bonchev–Trinajstić information content (AvgIpc) is 2.75. The highest BCUT2D eigenvalue weighted by atomic mass is 127. The van der Waals surface area contributed by atoms with E-state index in [9.17, 15) is 4.39 Å². The van der Waals surface area contributed by atoms with Crippen molar-refractivity contribution in [1.29, 1.82) is 0 Å². The Morgan fingerprint density at radius 2 is 2.05 bits per heavy atom. The van der Waals surface area contributed by atoms with Gasteiger partial charge < -0.3 is 10.2 Å². The third-order valence-corrected chi connectivity index (χ3v) is 3.64. The van der Waals surface area contributed by atoms with Gasteiger partial charge >= 0.3 is 0 Å². The lowest BCUT2D eigenvalue weighted by molar-refractivity contribution is 0.603. The van der Waals surface area contributed by atoms with Crippen LogP contribution in [0.5, 0.6) is 0 Å². The molecule has 0 saturated carbocycles. The van der Waals surface area contributed by atoms with Crippen LogP contribution in [-0.2, 0) is 0 Å². The van der Waals surface area contributed by atoms with E-state index in [4.69, 9.17) is 21.8 Å². The number of oxazole rings is 1. The summed E-state index contributed by atoms with van der Waals surface area (Å²) in [6.07, 6.45) is 0. The molecule has 19 heavy (non-hydrogen) atoms. The number of nitrogens with zero attached hydrogens (tertiary/aromatic N) is 1. The lowest BCUT2D eigenvalue weighted by Crippen LogP contribution is -1.90. The molecule has 3 aromatic rings. The number of fused-ring (bicyclic) bond motifs is 1. The molecular formula is C13H7ClFIN2O. The lowest BCUT2D eigenvalue weighted by atomic mass is 10.2. The minimum absolute atomic E-state index is 0.0166. The van der Waals surface area contributed by atoms with Crippen LogP contribution < -0.4 is 5.73 Å². The monoisotopic (exact) mass is 388 g/mol. The minimum atomic E-state index is -0.535. The lowest BCUT2D eigenvalue weighted by Gasteiger charge is -2.01. The van der Waals surface area contributed by atoms with E-state index in [0.29, 0.717) is 28.2 Å². The highest BCUT2D eigenvalue weighted by molar-refractivity contribution is 14.1. The summed E-state index contributed by atoms with van der Waals surface area (Å²) in [7, 11) is 0. The first-order valence-electron chi connectivity index (χ1n) is 5.35. The molecule has 3 rings (SSSR count). The van der Waals surface area contributed by atoms with E-state index >= 15 is 0 Å². The summed E-state index contributed by atoms with van der Waals surface area (Å²) in [5.41, 5.74) is 7.98. The Morgan fingerprint density at radius 3 is 2.84 bits per heavy atom. The topological polar surface area (TPSA) is 52.0 Å². The van der Waals surface area contributed by atoms with Crippen LogP contribution in [0, 0.1) is 9.39 Å². The van der Waals surface area contributed by atoms with E-state index < -0.39 is 5.82 Å². The van der Waals surface area contributed by atoms with Gasteiger partial charge in [0.15, 0.2) is 5.58 Å². The maximum atomic E-state index is 13.4. The summed E-state index contributed by atoms with van der Waals surface area (Å²) < 4.78 is 19.9. The normalized spacial score (nSPS) is 11.1. The molecule has 1 heterocycles. The van der Waals surface area contributed by atoms with E-state index in [2.05, 4.69) is 27.6 Å². The van der Waals surface area contributed by atoms with Crippen molar-refractivity contribution < 1.29 is 8.81 Å². The fourth-order valence-corrected chi connectivity index (χ4v) is 2.40. The first-order valence-corrected chi connectivity index (χ1v) is 6.81. The van der Waals surface area contributed by atoms with Crippen molar-refractivity contribution in [3.05, 3.63) is 44.7 Å². The van der Waals surface area contributed by atoms with Gasteiger partial charge in [-0.15, -0.1) is 0 Å². The number of halogens is 3. The molecule has 0 aliphatic rings. The molecule has 0 unspecified atom stereocenters. The van der Waals surface area contributed by atoms with Gasteiger partial charge in [-0.3, -0.25) is 0 Å². The summed E-state index contributed by atoms with van der Waals surface area (Å²) in [4.78, 5) is 4.29. The quantitative estimate of drug-likeness (QED) is 0.494. The second-order valence-electron chi connectivity index (χ2n) is 3.98. The zero-order valence-corrected chi connectivity index (χ0v) is 12.4. The molecule has 96 valence electrons. The Balaban J connectivity index is 2.23. The van der Waals surface area contributed by atoms with E-state index in [1.807, 2.05) is 12.1 Å². The van der Waals surface area contributed by atoms with Crippen molar-refractivity contribution >= 4 is 51.0 Å². The van der Waals surface area contributed by atoms with Gasteiger partial charge in [0.2, 0.25) is 5.89 Å². The largest absolute Gasteiger partial charge is 0.436 e. The van der Waals surface area contributed by atoms with Gasteiger partial charge in [0, 0.05) is 15.3 Å². The van der Waals surface area contributed by atoms with Crippen LogP contribution in [0.2, 0.25) is 5.02 Å². The van der Waals surface area contributed by atoms with Gasteiger partial charge in [0.1, 0.15) is 11.3 Å². The van der Waals surface area contributed by atoms with Gasteiger partial charge in [-0.05, 0) is 46.9 Å². The summed E-state index contributed by atoms with van der Waals surface area (Å²) >= 11 is 7.89. The van der Waals surface area contributed by atoms with E-state index in [1.54, 1.807) is 6.07 Å². The van der Waals surface area contributed by atoms with Crippen LogP contribution in [0.4, 0.5) is 10.1 Å². The van der Waals surface area contributed by atoms with Crippen molar-refractivity contribution in [2.45, 2.75) is 0 Å². The molecular weight excluding hydrogens is 382 g/mol. The second-order valence-corrected chi connectivity index (χ2v) is 5.64. The zero-order chi connectivity index (χ0) is 13.6. The summed E-state index contributed by atoms with van der Waals surface area (Å²) in [6, 6.07) is 8.18. The van der Waals surface area contributed by atoms with Crippen LogP contribution in [0.3, 0.4) is 0 Å². The minimum Gasteiger partial charge on any atom is -0.436 e. The molecule has 2 aromatic carbocycles. The zero-order valence-electron chi connectivity index (χ0n) is 9.45. The number of aromatic nitrogens is 1. The summed E-state index contributed by atoms with van der Waals surface area (Å²) in [5, 5.41) is 0.0166. The maximum absolute atomic E-state index is 13.4. The number of anilines is 1. The Bertz CT molecular complexity index is 749. The Labute approximate surface area is 126 Å². The summed E-state index contributed by atoms with van der Waals surface area (Å²) in [5.74, 6) is -0.180. The van der Waals surface area contributed by atoms with E-state index in [-0.39, 0.29) is 5.02 Å². The van der Waals surface area contributed by atoms with Crippen LogP contribution in [0.1, 0.15) is 0 Å². The third-order valence-electron chi connectivity index (χ3n) is 2.68. The van der Waals surface area contributed by atoms with Gasteiger partial charge in [-0.1, -0.05) is 11.6 Å². The predicted molar refractivity (Wildman–Crippen MR) is 81.5 cm³/mol. The molecule has 0 saturated heterocycles. The molecule has 0 aliphatic carbocycles. The molecule has 6 heteroatoms. The second kappa shape index (κ2) is 4.64. The molecule has 2 N–H and O–H groups in total. The maximum Gasteiger partial charge on any atom is 0.229 e. The SMILES string of the molecule is Nc1ccc(I)cc1-c1nc2cc(Cl)c(F)cc2o1. The van der Waals surface area contributed by atoms with Crippen LogP contribution in [0.15, 0.2) is 34.7 Å². The van der Waals surface area contributed by atoms with Gasteiger partial charge in [-0.2, -0.15) is 0 Å². The average molecular weight is 389 g/mol. The number of hydrogen-bond donors (Lipinski definition) is 1. The number of nitrogens with two attached hydrogens (primary N) is 1. The Hall–Kier alpha value is -1.34. The van der Waals surface area contributed by atoms with Crippen molar-refractivity contribution in [3.63, 3.8) is 0 Å². The van der Waals surface area contributed by atoms with Crippen LogP contribution >= 0.6 is 34.2 Å². The molecule has 1 aromatic heterocycles. The molecule has 0 fully saturated rings. The van der Waals surface area contributed by atoms with Crippen molar-refractivity contribution in [2.75, 3.05) is 5.73 Å². The van der Waals surface area contributed by atoms with Crippen molar-refractivity contribution in [3.8, 4) is 11.5 Å². The number of rotatable bonds is 1. The molecule has 0 aliphatic heterocycles. The smallest absolute Gasteiger partial charge is 0.229 e. The molecule has 0 amide bonds. The summed E-state index contributed by atoms with van der Waals surface area (Å²) in [6.45, 7) is 0. The molecule has 3 nitrogen and oxygen atoms in total. The third kappa shape index (κ3) is 2.28. The van der Waals surface area contributed by atoms with Crippen molar-refractivity contribution in [1.82, 2.24) is 4.98 Å². The van der Waals surface area contributed by atoms with Crippen LogP contribution in [-0.4, -0.2) is 4.98 Å². The number of nitrogen functional groups attached to an aromatic ring is 1. The molecule has 0 atom stereocenters. The van der Waals surface area contributed by atoms with Gasteiger partial charge in [0.05, 0.1) is 10.6 Å². The first kappa shape index (κ1) is 12.7. The molecule has 0 radical (unpaired) electrons. The molecule has 0 bridgehead atoms. The van der Waals surface area contributed by atoms with E-state index in [0.717, 1.165) is 3.57 Å². The highest BCUT2D eigenvalue weighted by Gasteiger charge is 2.13. The Kier molecular flexibility index (Phi) is 3.10. The first-order chi connectivity index (χ1) is 9.04. The van der Waals surface area contributed by atoms with E-state index in [1.165, 1.54) is 12.1 Å². The number of benzene rings is 2. The van der Waals surface area contributed by atoms with Crippen LogP contribution in [0.25, 0.3) is 22.6 Å². The number of hydrogen-bond acceptors (Lipinski definition) is 3. The van der Waals surface area contributed by atoms with Gasteiger partial charge in [-0.25, -0.2) is 9.37 Å². The Morgan fingerprint density at radius 1 is 1.26 bits per heavy atom. The predicted octanol–water partition coefficient (Wildman–Crippen LogP) is 4.47. The van der Waals surface area contributed by atoms with Gasteiger partial charge in [0.25, 0.3) is 0 Å². The molecule has 0 spiro atoms. The standard InChI is InChI=1S/C13H7ClFIN2O/c14-8-4-11-12(5-9(8)15)19-13(18-11)7-3-6(16)1-2-10(7)17/h1-5H,17H2. The highest BCUT2D eigenvalue weighted by Crippen LogP contribution is 2.31. The fraction of sp³-hybridized carbons (Fsp3) is 0. The fourth-order valence-electron chi connectivity index (χ4n) is 1.75. The van der Waals surface area contributed by atoms with Crippen molar-refractivity contribution in [2.24, 2.45) is 0 Å².